The highest BCUT2D eigenvalue weighted by molar-refractivity contribution is 5.54. The zero-order valence-electron chi connectivity index (χ0n) is 8.41. The Kier molecular flexibility index (Phi) is 2.55. The molecule has 80 valence electrons. The molecule has 4 heteroatoms. The van der Waals surface area contributed by atoms with E-state index in [9.17, 15) is 15.7 Å². The van der Waals surface area contributed by atoms with E-state index in [2.05, 4.69) is 0 Å². The molecule has 0 aliphatic carbocycles. The van der Waals surface area contributed by atoms with Crippen molar-refractivity contribution in [3.8, 4) is 11.5 Å². The third kappa shape index (κ3) is 2.00. The molecule has 0 spiro atoms. The largest absolute Gasteiger partial charge is 0.508 e. The molecule has 0 saturated heterocycles. The smallest absolute Gasteiger partial charge is 0.203 e. The maximum atomic E-state index is 9.85. The molecular weight excluding hydrogens is 204 g/mol. The van der Waals surface area contributed by atoms with Crippen molar-refractivity contribution in [2.75, 3.05) is 0 Å². The highest BCUT2D eigenvalue weighted by atomic mass is 16.3. The molecule has 0 aromatic heterocycles. The highest BCUT2D eigenvalue weighted by Crippen LogP contribution is 2.25. The molecule has 0 unspecified atom stereocenters. The topological polar surface area (TPSA) is 65.8 Å². The monoisotopic (exact) mass is 214 g/mol. The van der Waals surface area contributed by atoms with Crippen LogP contribution in [0.2, 0.25) is 0 Å². The summed E-state index contributed by atoms with van der Waals surface area (Å²) in [6, 6.07) is 12.4. The van der Waals surface area contributed by atoms with E-state index in [0.29, 0.717) is 11.4 Å². The van der Waals surface area contributed by atoms with Gasteiger partial charge in [-0.25, -0.2) is 4.70 Å². The lowest BCUT2D eigenvalue weighted by Gasteiger charge is -2.05. The molecule has 0 bridgehead atoms. The van der Waals surface area contributed by atoms with Crippen LogP contribution in [-0.4, -0.2) is 10.2 Å². The number of phenolic OH excluding ortho intramolecular Hbond substituents is 2. The first-order valence-corrected chi connectivity index (χ1v) is 4.74. The molecule has 0 fully saturated rings. The molecule has 0 saturated carbocycles. The maximum Gasteiger partial charge on any atom is 0.203 e. The Morgan fingerprint density at radius 2 is 1.25 bits per heavy atom. The Labute approximate surface area is 92.5 Å². The molecule has 0 amide bonds. The first-order valence-electron chi connectivity index (χ1n) is 4.74. The number of phenols is 2. The van der Waals surface area contributed by atoms with Crippen molar-refractivity contribution in [3.05, 3.63) is 54.1 Å². The van der Waals surface area contributed by atoms with Crippen LogP contribution < -0.4 is 4.70 Å². The average molecular weight is 214 g/mol. The van der Waals surface area contributed by atoms with E-state index >= 15 is 0 Å². The molecule has 2 aromatic rings. The van der Waals surface area contributed by atoms with Gasteiger partial charge in [0.1, 0.15) is 11.5 Å². The van der Waals surface area contributed by atoms with Crippen LogP contribution in [0.4, 0.5) is 11.4 Å². The van der Waals surface area contributed by atoms with Crippen molar-refractivity contribution in [1.82, 2.24) is 4.70 Å². The lowest BCUT2D eigenvalue weighted by molar-refractivity contribution is 0.475. The molecule has 2 rings (SSSR count). The Morgan fingerprint density at radius 1 is 0.812 bits per heavy atom. The van der Waals surface area contributed by atoms with E-state index in [-0.39, 0.29) is 11.5 Å². The molecule has 0 aliphatic rings. The summed E-state index contributed by atoms with van der Waals surface area (Å²) >= 11 is 0. The fourth-order valence-corrected chi connectivity index (χ4v) is 1.40. The van der Waals surface area contributed by atoms with Crippen LogP contribution in [0.3, 0.4) is 0 Å². The summed E-state index contributed by atoms with van der Waals surface area (Å²) in [4.78, 5) is 0. The second kappa shape index (κ2) is 4.02. The van der Waals surface area contributed by atoms with Gasteiger partial charge >= 0.3 is 0 Å². The maximum absolute atomic E-state index is 9.85. The van der Waals surface area contributed by atoms with Crippen molar-refractivity contribution in [3.63, 3.8) is 0 Å². The first kappa shape index (κ1) is 10.2. The van der Waals surface area contributed by atoms with Crippen LogP contribution in [0.1, 0.15) is 0 Å². The van der Waals surface area contributed by atoms with Crippen LogP contribution in [0.15, 0.2) is 48.5 Å². The third-order valence-corrected chi connectivity index (χ3v) is 2.15. The van der Waals surface area contributed by atoms with Crippen molar-refractivity contribution >= 4 is 11.4 Å². The molecule has 0 atom stereocenters. The van der Waals surface area contributed by atoms with Gasteiger partial charge < -0.3 is 15.7 Å². The van der Waals surface area contributed by atoms with Gasteiger partial charge in [0.25, 0.3) is 0 Å². The molecule has 0 aliphatic heterocycles. The van der Waals surface area contributed by atoms with Gasteiger partial charge in [0.15, 0.2) is 0 Å². The van der Waals surface area contributed by atoms with Crippen LogP contribution in [0.25, 0.3) is 5.53 Å². The first-order chi connectivity index (χ1) is 7.66. The number of aromatic hydroxyl groups is 2. The van der Waals surface area contributed by atoms with E-state index < -0.39 is 0 Å². The number of benzene rings is 2. The lowest BCUT2D eigenvalue weighted by atomic mass is 10.2. The third-order valence-electron chi connectivity index (χ3n) is 2.15. The number of hydrogen-bond donors (Lipinski definition) is 2. The molecule has 4 nitrogen and oxygen atoms in total. The van der Waals surface area contributed by atoms with E-state index in [0.717, 1.165) is 4.70 Å². The summed E-state index contributed by atoms with van der Waals surface area (Å²) in [5, 5.41) is 18.6. The minimum absolute atomic E-state index is 0.0664. The average Bonchev–Trinajstić information content (AvgIpc) is 2.28. The molecule has 2 aromatic carbocycles. The standard InChI is InChI=1S/C12H10N2O2/c13-14(9-3-1-5-11(15)7-9)10-4-2-6-12(16)8-10/h1-8,15-16H. The van der Waals surface area contributed by atoms with E-state index in [1.807, 2.05) is 0 Å². The Hall–Kier alpha value is -2.36. The summed E-state index contributed by atoms with van der Waals surface area (Å²) in [6.07, 6.45) is 0. The van der Waals surface area contributed by atoms with Gasteiger partial charge in [-0.05, 0) is 12.1 Å². The quantitative estimate of drug-likeness (QED) is 0.596. The molecule has 16 heavy (non-hydrogen) atoms. The van der Waals surface area contributed by atoms with Gasteiger partial charge in [-0.1, -0.05) is 12.1 Å². The van der Waals surface area contributed by atoms with Gasteiger partial charge in [0.2, 0.25) is 11.4 Å². The number of rotatable bonds is 2. The fourth-order valence-electron chi connectivity index (χ4n) is 1.40. The van der Waals surface area contributed by atoms with Crippen LogP contribution >= 0.6 is 0 Å². The zero-order valence-corrected chi connectivity index (χ0v) is 8.41. The van der Waals surface area contributed by atoms with Crippen molar-refractivity contribution in [1.29, 1.82) is 0 Å². The van der Waals surface area contributed by atoms with Crippen molar-refractivity contribution < 1.29 is 10.2 Å². The molecule has 0 heterocycles. The second-order valence-electron chi connectivity index (χ2n) is 3.35. The highest BCUT2D eigenvalue weighted by Gasteiger charge is 2.08. The van der Waals surface area contributed by atoms with Crippen molar-refractivity contribution in [2.24, 2.45) is 0 Å². The second-order valence-corrected chi connectivity index (χ2v) is 3.35. The Morgan fingerprint density at radius 3 is 1.62 bits per heavy atom. The predicted octanol–water partition coefficient (Wildman–Crippen LogP) is 2.95. The van der Waals surface area contributed by atoms with E-state index in [4.69, 9.17) is 0 Å². The summed E-state index contributed by atoms with van der Waals surface area (Å²) < 4.78 is 0.888. The fraction of sp³-hybridized carbons (Fsp3) is 0. The van der Waals surface area contributed by atoms with E-state index in [1.54, 1.807) is 24.3 Å². The molecular formula is C12H10N2O2. The summed E-state index contributed by atoms with van der Waals surface area (Å²) in [5.41, 5.74) is 10.7. The minimum Gasteiger partial charge on any atom is -0.508 e. The van der Waals surface area contributed by atoms with Crippen LogP contribution in [0.5, 0.6) is 11.5 Å². The minimum atomic E-state index is 0.0664. The normalized spacial score (nSPS) is 10.0. The molecule has 0 radical (unpaired) electrons. The number of hydrogen-bond acceptors (Lipinski definition) is 2. The zero-order chi connectivity index (χ0) is 11.5. The van der Waals surface area contributed by atoms with E-state index in [1.165, 1.54) is 24.3 Å². The summed E-state index contributed by atoms with van der Waals surface area (Å²) in [6.45, 7) is 0. The van der Waals surface area contributed by atoms with Crippen molar-refractivity contribution in [2.45, 2.75) is 0 Å². The van der Waals surface area contributed by atoms with Crippen LogP contribution in [-0.2, 0) is 0 Å². The van der Waals surface area contributed by atoms with Gasteiger partial charge in [0.05, 0.1) is 12.1 Å². The Balaban J connectivity index is 2.39. The number of nitrogens with zero attached hydrogens (tertiary/aromatic N) is 2. The van der Waals surface area contributed by atoms with Crippen LogP contribution in [0, 0.1) is 0 Å². The summed E-state index contributed by atoms with van der Waals surface area (Å²) in [7, 11) is 0. The van der Waals surface area contributed by atoms with Gasteiger partial charge in [-0.3, -0.25) is 0 Å². The van der Waals surface area contributed by atoms with Gasteiger partial charge in [0, 0.05) is 12.1 Å². The lowest BCUT2D eigenvalue weighted by Crippen LogP contribution is -1.95. The SMILES string of the molecule is [N-]=[N+](c1cccc(O)c1)c1cccc(O)c1. The van der Waals surface area contributed by atoms with Gasteiger partial charge in [-0.15, -0.1) is 0 Å². The summed E-state index contributed by atoms with van der Waals surface area (Å²) in [5.74, 6) is 0.133. The Bertz CT molecular complexity index is 491. The molecule has 2 N–H and O–H groups in total. The van der Waals surface area contributed by atoms with Gasteiger partial charge in [-0.2, -0.15) is 0 Å². The predicted molar refractivity (Wildman–Crippen MR) is 61.0 cm³/mol.